The Labute approximate surface area is 124 Å². The number of carbonyl (C=O) groups is 2. The molecule has 0 aromatic carbocycles. The number of amides is 1. The highest BCUT2D eigenvalue weighted by atomic mass is 16.7. The van der Waals surface area contributed by atoms with Crippen molar-refractivity contribution in [2.75, 3.05) is 19.8 Å². The van der Waals surface area contributed by atoms with Gasteiger partial charge in [-0.25, -0.2) is 0 Å². The molecule has 0 aromatic heterocycles. The second-order valence-electron chi connectivity index (χ2n) is 5.42. The molecule has 1 fully saturated rings. The number of fused-ring (bicyclic) bond motifs is 2. The number of carboxylic acids is 1. The molecular weight excluding hydrogens is 274 g/mol. The predicted molar refractivity (Wildman–Crippen MR) is 75.4 cm³/mol. The van der Waals surface area contributed by atoms with Crippen molar-refractivity contribution in [1.29, 1.82) is 0 Å². The molecule has 0 radical (unpaired) electrons. The third-order valence-electron chi connectivity index (χ3n) is 4.20. The zero-order chi connectivity index (χ0) is 15.4. The van der Waals surface area contributed by atoms with Gasteiger partial charge in [-0.2, -0.15) is 0 Å². The van der Waals surface area contributed by atoms with Crippen LogP contribution in [0.1, 0.15) is 20.3 Å². The summed E-state index contributed by atoms with van der Waals surface area (Å²) in [7, 11) is 0. The molecular formula is C15H23NO5. The molecule has 2 aliphatic carbocycles. The Hall–Kier alpha value is -1.40. The fourth-order valence-electron chi connectivity index (χ4n) is 3.36. The first kappa shape index (κ1) is 16.0. The van der Waals surface area contributed by atoms with E-state index in [1.165, 1.54) is 0 Å². The lowest BCUT2D eigenvalue weighted by Gasteiger charge is -2.25. The smallest absolute Gasteiger partial charge is 0.307 e. The highest BCUT2D eigenvalue weighted by Crippen LogP contribution is 2.48. The van der Waals surface area contributed by atoms with E-state index in [-0.39, 0.29) is 24.3 Å². The molecule has 0 spiro atoms. The van der Waals surface area contributed by atoms with E-state index in [4.69, 9.17) is 9.47 Å². The number of hydrogen-bond acceptors (Lipinski definition) is 4. The Morgan fingerprint density at radius 1 is 1.19 bits per heavy atom. The summed E-state index contributed by atoms with van der Waals surface area (Å²) in [5.41, 5.74) is 0. The Morgan fingerprint density at radius 2 is 1.76 bits per heavy atom. The van der Waals surface area contributed by atoms with Crippen molar-refractivity contribution in [2.45, 2.75) is 26.6 Å². The van der Waals surface area contributed by atoms with E-state index in [2.05, 4.69) is 5.32 Å². The largest absolute Gasteiger partial charge is 0.481 e. The van der Waals surface area contributed by atoms with E-state index in [1.807, 2.05) is 26.0 Å². The molecule has 6 nitrogen and oxygen atoms in total. The van der Waals surface area contributed by atoms with Crippen LogP contribution >= 0.6 is 0 Å². The van der Waals surface area contributed by atoms with Gasteiger partial charge in [0.2, 0.25) is 5.91 Å². The Morgan fingerprint density at radius 3 is 2.29 bits per heavy atom. The van der Waals surface area contributed by atoms with Gasteiger partial charge in [-0.05, 0) is 32.1 Å². The minimum Gasteiger partial charge on any atom is -0.481 e. The normalized spacial score (nSPS) is 30.0. The second kappa shape index (κ2) is 7.04. The zero-order valence-electron chi connectivity index (χ0n) is 12.5. The average molecular weight is 297 g/mol. The summed E-state index contributed by atoms with van der Waals surface area (Å²) < 4.78 is 10.7. The maximum atomic E-state index is 12.3. The van der Waals surface area contributed by atoms with Crippen LogP contribution in [0.15, 0.2) is 12.2 Å². The lowest BCUT2D eigenvalue weighted by atomic mass is 9.82. The van der Waals surface area contributed by atoms with Crippen LogP contribution in [-0.4, -0.2) is 43.0 Å². The number of allylic oxidation sites excluding steroid dienone is 2. The summed E-state index contributed by atoms with van der Waals surface area (Å²) in [6.45, 7) is 4.94. The number of nitrogens with one attached hydrogen (secondary N) is 1. The maximum absolute atomic E-state index is 12.3. The number of carbonyl (C=O) groups excluding carboxylic acids is 1. The summed E-state index contributed by atoms with van der Waals surface area (Å²) in [6, 6.07) is 0. The van der Waals surface area contributed by atoms with E-state index in [9.17, 15) is 14.7 Å². The van der Waals surface area contributed by atoms with Crippen LogP contribution in [0.4, 0.5) is 0 Å². The van der Waals surface area contributed by atoms with Crippen molar-refractivity contribution in [3.05, 3.63) is 12.2 Å². The van der Waals surface area contributed by atoms with Crippen LogP contribution in [0.2, 0.25) is 0 Å². The molecule has 0 saturated heterocycles. The second-order valence-corrected chi connectivity index (χ2v) is 5.42. The fourth-order valence-corrected chi connectivity index (χ4v) is 3.36. The van der Waals surface area contributed by atoms with Gasteiger partial charge in [0, 0.05) is 13.2 Å². The Bertz CT molecular complexity index is 416. The Kier molecular flexibility index (Phi) is 5.36. The van der Waals surface area contributed by atoms with Gasteiger partial charge in [0.25, 0.3) is 0 Å². The van der Waals surface area contributed by atoms with E-state index < -0.39 is 24.1 Å². The van der Waals surface area contributed by atoms with Gasteiger partial charge in [0.15, 0.2) is 6.29 Å². The predicted octanol–water partition coefficient (Wildman–Crippen LogP) is 1.02. The van der Waals surface area contributed by atoms with Crippen LogP contribution in [0.25, 0.3) is 0 Å². The molecule has 4 atom stereocenters. The number of aliphatic carboxylic acids is 1. The van der Waals surface area contributed by atoms with Gasteiger partial charge in [-0.15, -0.1) is 0 Å². The maximum Gasteiger partial charge on any atom is 0.307 e. The van der Waals surface area contributed by atoms with Crippen molar-refractivity contribution < 1.29 is 24.2 Å². The third kappa shape index (κ3) is 3.44. The van der Waals surface area contributed by atoms with Gasteiger partial charge >= 0.3 is 5.97 Å². The molecule has 0 aliphatic heterocycles. The lowest BCUT2D eigenvalue weighted by molar-refractivity contribution is -0.150. The Balaban J connectivity index is 1.93. The molecule has 6 heteroatoms. The van der Waals surface area contributed by atoms with Gasteiger partial charge in [0.1, 0.15) is 0 Å². The molecule has 0 aromatic rings. The van der Waals surface area contributed by atoms with Gasteiger partial charge in [-0.3, -0.25) is 9.59 Å². The van der Waals surface area contributed by atoms with E-state index in [0.29, 0.717) is 13.2 Å². The summed E-state index contributed by atoms with van der Waals surface area (Å²) in [4.78, 5) is 23.7. The van der Waals surface area contributed by atoms with Crippen LogP contribution in [0.3, 0.4) is 0 Å². The van der Waals surface area contributed by atoms with Crippen molar-refractivity contribution in [3.8, 4) is 0 Å². The number of hydrogen-bond donors (Lipinski definition) is 2. The first-order chi connectivity index (χ1) is 10.1. The van der Waals surface area contributed by atoms with E-state index in [0.717, 1.165) is 6.42 Å². The van der Waals surface area contributed by atoms with Gasteiger partial charge in [-0.1, -0.05) is 12.2 Å². The molecule has 2 unspecified atom stereocenters. The first-order valence-electron chi connectivity index (χ1n) is 7.50. The van der Waals surface area contributed by atoms with Crippen molar-refractivity contribution in [2.24, 2.45) is 23.7 Å². The van der Waals surface area contributed by atoms with Crippen LogP contribution in [0, 0.1) is 23.7 Å². The van der Waals surface area contributed by atoms with Gasteiger partial charge in [0.05, 0.1) is 18.4 Å². The van der Waals surface area contributed by atoms with E-state index >= 15 is 0 Å². The fraction of sp³-hybridized carbons (Fsp3) is 0.733. The summed E-state index contributed by atoms with van der Waals surface area (Å²) in [5, 5.41) is 12.1. The van der Waals surface area contributed by atoms with Crippen molar-refractivity contribution in [1.82, 2.24) is 5.32 Å². The molecule has 2 aliphatic rings. The SMILES string of the molecule is CCOC(CNC(=O)[C@H]1C2C=CC(C2)[C@H]1C(=O)O)OCC. The molecule has 1 saturated carbocycles. The highest BCUT2D eigenvalue weighted by molar-refractivity contribution is 5.86. The molecule has 2 N–H and O–H groups in total. The quantitative estimate of drug-likeness (QED) is 0.516. The highest BCUT2D eigenvalue weighted by Gasteiger charge is 2.51. The summed E-state index contributed by atoms with van der Waals surface area (Å²) >= 11 is 0. The first-order valence-corrected chi connectivity index (χ1v) is 7.50. The van der Waals surface area contributed by atoms with Gasteiger partial charge < -0.3 is 19.9 Å². The molecule has 1 amide bonds. The minimum atomic E-state index is -0.891. The van der Waals surface area contributed by atoms with Crippen molar-refractivity contribution in [3.63, 3.8) is 0 Å². The third-order valence-corrected chi connectivity index (χ3v) is 4.20. The monoisotopic (exact) mass is 297 g/mol. The summed E-state index contributed by atoms with van der Waals surface area (Å²) in [5.74, 6) is -2.19. The lowest BCUT2D eigenvalue weighted by Crippen LogP contribution is -2.43. The zero-order valence-corrected chi connectivity index (χ0v) is 12.5. The van der Waals surface area contributed by atoms with E-state index in [1.54, 1.807) is 0 Å². The molecule has 0 heterocycles. The van der Waals surface area contributed by atoms with Crippen molar-refractivity contribution >= 4 is 11.9 Å². The summed E-state index contributed by atoms with van der Waals surface area (Å²) in [6.07, 6.45) is 4.17. The van der Waals surface area contributed by atoms with Crippen LogP contribution in [-0.2, 0) is 19.1 Å². The molecule has 21 heavy (non-hydrogen) atoms. The number of rotatable bonds is 8. The number of carboxylic acid groups (broad SMARTS) is 1. The average Bonchev–Trinajstić information content (AvgIpc) is 3.05. The standard InChI is InChI=1S/C15H23NO5/c1-3-20-11(21-4-2)8-16-14(17)12-9-5-6-10(7-9)13(12)15(18)19/h5-6,9-13H,3-4,7-8H2,1-2H3,(H,16,17)(H,18,19)/t9?,10?,12-,13+/m0/s1. The number of ether oxygens (including phenoxy) is 2. The molecule has 2 bridgehead atoms. The topological polar surface area (TPSA) is 84.9 Å². The van der Waals surface area contributed by atoms with Crippen LogP contribution < -0.4 is 5.32 Å². The molecule has 118 valence electrons. The minimum absolute atomic E-state index is 0.0159. The molecule has 2 rings (SSSR count). The van der Waals surface area contributed by atoms with Crippen LogP contribution in [0.5, 0.6) is 0 Å².